The number of carbonyl (C=O) groups excluding carboxylic acids is 1. The number of carboxylic acids is 1. The molecule has 1 rings (SSSR count). The number of urea groups is 1. The molecule has 116 valence electrons. The van der Waals surface area contributed by atoms with Crippen LogP contribution in [-0.2, 0) is 4.79 Å². The number of hydrogen-bond donors (Lipinski definition) is 1. The van der Waals surface area contributed by atoms with Crippen molar-refractivity contribution in [2.75, 3.05) is 26.2 Å². The van der Waals surface area contributed by atoms with Gasteiger partial charge in [-0.1, -0.05) is 27.2 Å². The van der Waals surface area contributed by atoms with Gasteiger partial charge in [0, 0.05) is 19.6 Å². The Kier molecular flexibility index (Phi) is 6.82. The van der Waals surface area contributed by atoms with Gasteiger partial charge in [-0.3, -0.25) is 4.79 Å². The van der Waals surface area contributed by atoms with Gasteiger partial charge in [-0.05, 0) is 31.1 Å². The topological polar surface area (TPSA) is 60.9 Å². The summed E-state index contributed by atoms with van der Waals surface area (Å²) < 4.78 is 0. The van der Waals surface area contributed by atoms with E-state index in [1.54, 1.807) is 0 Å². The lowest BCUT2D eigenvalue weighted by atomic mass is 9.98. The van der Waals surface area contributed by atoms with Crippen LogP contribution in [0.1, 0.15) is 46.5 Å². The fourth-order valence-corrected chi connectivity index (χ4v) is 2.78. The number of amides is 2. The highest BCUT2D eigenvalue weighted by molar-refractivity contribution is 5.80. The molecule has 0 bridgehead atoms. The van der Waals surface area contributed by atoms with Crippen molar-refractivity contribution in [2.45, 2.75) is 46.5 Å². The lowest BCUT2D eigenvalue weighted by Gasteiger charge is -2.30. The van der Waals surface area contributed by atoms with Crippen molar-refractivity contribution in [3.8, 4) is 0 Å². The number of rotatable bonds is 5. The first-order valence-corrected chi connectivity index (χ1v) is 7.69. The average molecular weight is 284 g/mol. The largest absolute Gasteiger partial charge is 0.480 e. The van der Waals surface area contributed by atoms with Crippen molar-refractivity contribution in [1.82, 2.24) is 9.80 Å². The van der Waals surface area contributed by atoms with E-state index in [1.165, 1.54) is 11.3 Å². The quantitative estimate of drug-likeness (QED) is 0.844. The maximum atomic E-state index is 12.5. The first kappa shape index (κ1) is 16.8. The summed E-state index contributed by atoms with van der Waals surface area (Å²) >= 11 is 0. The number of hydrogen-bond acceptors (Lipinski definition) is 2. The predicted molar refractivity (Wildman–Crippen MR) is 78.6 cm³/mol. The van der Waals surface area contributed by atoms with Gasteiger partial charge >= 0.3 is 12.0 Å². The fraction of sp³-hybridized carbons (Fsp3) is 0.867. The number of nitrogens with zero attached hydrogens (tertiary/aromatic N) is 2. The van der Waals surface area contributed by atoms with E-state index in [1.807, 2.05) is 18.7 Å². The highest BCUT2D eigenvalue weighted by atomic mass is 16.4. The van der Waals surface area contributed by atoms with Gasteiger partial charge in [-0.15, -0.1) is 0 Å². The zero-order valence-electron chi connectivity index (χ0n) is 13.0. The lowest BCUT2D eigenvalue weighted by Crippen LogP contribution is -2.47. The van der Waals surface area contributed by atoms with Crippen LogP contribution in [0.2, 0.25) is 0 Å². The number of carbonyl (C=O) groups is 2. The Morgan fingerprint density at radius 3 is 2.55 bits per heavy atom. The molecule has 0 aromatic heterocycles. The minimum atomic E-state index is -0.944. The number of carboxylic acid groups (broad SMARTS) is 1. The summed E-state index contributed by atoms with van der Waals surface area (Å²) in [5, 5.41) is 8.97. The van der Waals surface area contributed by atoms with Gasteiger partial charge in [-0.2, -0.15) is 0 Å². The van der Waals surface area contributed by atoms with E-state index in [0.29, 0.717) is 12.5 Å². The second-order valence-corrected chi connectivity index (χ2v) is 6.14. The Hall–Kier alpha value is -1.26. The molecule has 1 atom stereocenters. The van der Waals surface area contributed by atoms with Crippen molar-refractivity contribution >= 4 is 12.0 Å². The third-order valence-electron chi connectivity index (χ3n) is 3.88. The van der Waals surface area contributed by atoms with Crippen molar-refractivity contribution in [2.24, 2.45) is 11.8 Å². The van der Waals surface area contributed by atoms with Crippen molar-refractivity contribution in [3.63, 3.8) is 0 Å². The second-order valence-electron chi connectivity index (χ2n) is 6.14. The van der Waals surface area contributed by atoms with E-state index in [0.717, 1.165) is 32.4 Å². The summed E-state index contributed by atoms with van der Waals surface area (Å²) in [5.41, 5.74) is 0. The second kappa shape index (κ2) is 8.12. The molecular formula is C15H28N2O3. The van der Waals surface area contributed by atoms with Crippen LogP contribution in [0.25, 0.3) is 0 Å². The monoisotopic (exact) mass is 284 g/mol. The first-order chi connectivity index (χ1) is 9.43. The smallest absolute Gasteiger partial charge is 0.323 e. The summed E-state index contributed by atoms with van der Waals surface area (Å²) in [7, 11) is 0. The number of likely N-dealkylation sites (tertiary alicyclic amines) is 1. The van der Waals surface area contributed by atoms with Crippen LogP contribution < -0.4 is 0 Å². The van der Waals surface area contributed by atoms with Crippen LogP contribution in [0.4, 0.5) is 4.79 Å². The van der Waals surface area contributed by atoms with Crippen LogP contribution in [0.5, 0.6) is 0 Å². The molecule has 20 heavy (non-hydrogen) atoms. The van der Waals surface area contributed by atoms with Gasteiger partial charge in [0.2, 0.25) is 0 Å². The Morgan fingerprint density at radius 2 is 2.00 bits per heavy atom. The summed E-state index contributed by atoms with van der Waals surface area (Å²) in [6, 6.07) is -0.113. The Bertz CT molecular complexity index is 331. The molecule has 1 fully saturated rings. The first-order valence-electron chi connectivity index (χ1n) is 7.69. The molecule has 0 aromatic carbocycles. The highest BCUT2D eigenvalue weighted by Gasteiger charge is 2.25. The molecule has 1 N–H and O–H groups in total. The molecular weight excluding hydrogens is 256 g/mol. The zero-order valence-corrected chi connectivity index (χ0v) is 13.0. The third-order valence-corrected chi connectivity index (χ3v) is 3.88. The molecule has 1 aliphatic heterocycles. The van der Waals surface area contributed by atoms with Crippen LogP contribution in [-0.4, -0.2) is 53.1 Å². The van der Waals surface area contributed by atoms with Gasteiger partial charge < -0.3 is 14.9 Å². The van der Waals surface area contributed by atoms with Crippen molar-refractivity contribution in [3.05, 3.63) is 0 Å². The van der Waals surface area contributed by atoms with Crippen LogP contribution in [0, 0.1) is 11.8 Å². The fourth-order valence-electron chi connectivity index (χ4n) is 2.78. The van der Waals surface area contributed by atoms with Crippen LogP contribution in [0.3, 0.4) is 0 Å². The minimum Gasteiger partial charge on any atom is -0.480 e. The van der Waals surface area contributed by atoms with E-state index in [4.69, 9.17) is 5.11 Å². The van der Waals surface area contributed by atoms with Gasteiger partial charge in [0.25, 0.3) is 0 Å². The summed E-state index contributed by atoms with van der Waals surface area (Å²) in [5.74, 6) is 0.0275. The van der Waals surface area contributed by atoms with E-state index >= 15 is 0 Å². The molecule has 0 aromatic rings. The molecule has 1 unspecified atom stereocenters. The Balaban J connectivity index is 2.65. The lowest BCUT2D eigenvalue weighted by molar-refractivity contribution is -0.137. The highest BCUT2D eigenvalue weighted by Crippen LogP contribution is 2.21. The number of aliphatic carboxylic acids is 1. The van der Waals surface area contributed by atoms with Crippen LogP contribution >= 0.6 is 0 Å². The summed E-state index contributed by atoms with van der Waals surface area (Å²) in [4.78, 5) is 26.7. The molecule has 0 saturated carbocycles. The van der Waals surface area contributed by atoms with E-state index in [9.17, 15) is 9.59 Å². The van der Waals surface area contributed by atoms with E-state index < -0.39 is 5.97 Å². The molecule has 5 heteroatoms. The predicted octanol–water partition coefficient (Wildman–Crippen LogP) is 2.66. The van der Waals surface area contributed by atoms with Crippen LogP contribution in [0.15, 0.2) is 0 Å². The van der Waals surface area contributed by atoms with Gasteiger partial charge in [-0.25, -0.2) is 4.79 Å². The molecule has 1 aliphatic rings. The Morgan fingerprint density at radius 1 is 1.30 bits per heavy atom. The van der Waals surface area contributed by atoms with Crippen molar-refractivity contribution in [1.29, 1.82) is 0 Å². The molecule has 0 radical (unpaired) electrons. The maximum Gasteiger partial charge on any atom is 0.323 e. The molecule has 0 spiro atoms. The van der Waals surface area contributed by atoms with Crippen molar-refractivity contribution < 1.29 is 14.7 Å². The summed E-state index contributed by atoms with van der Waals surface area (Å²) in [6.45, 7) is 7.99. The van der Waals surface area contributed by atoms with E-state index in [2.05, 4.69) is 6.92 Å². The molecule has 0 aliphatic carbocycles. The summed E-state index contributed by atoms with van der Waals surface area (Å²) in [6.07, 6.45) is 4.38. The molecule has 2 amide bonds. The maximum absolute atomic E-state index is 12.5. The van der Waals surface area contributed by atoms with Gasteiger partial charge in [0.05, 0.1) is 0 Å². The molecule has 1 saturated heterocycles. The minimum absolute atomic E-state index is 0.113. The third kappa shape index (κ3) is 5.39. The van der Waals surface area contributed by atoms with Gasteiger partial charge in [0.1, 0.15) is 6.54 Å². The normalized spacial score (nSPS) is 19.8. The molecule has 5 nitrogen and oxygen atoms in total. The molecule has 1 heterocycles. The SMILES string of the molecule is CCC1CCCN(C(=O)N(CC(=O)O)CC(C)C)CC1. The van der Waals surface area contributed by atoms with Gasteiger partial charge in [0.15, 0.2) is 0 Å². The standard InChI is InChI=1S/C15H28N2O3/c1-4-13-6-5-8-16(9-7-13)15(20)17(10-12(2)3)11-14(18)19/h12-13H,4-11H2,1-3H3,(H,18,19). The Labute approximate surface area is 121 Å². The zero-order chi connectivity index (χ0) is 15.1. The average Bonchev–Trinajstić information content (AvgIpc) is 2.61. The van der Waals surface area contributed by atoms with E-state index in [-0.39, 0.29) is 18.5 Å².